The highest BCUT2D eigenvalue weighted by Crippen LogP contribution is 2.33. The fourth-order valence-electron chi connectivity index (χ4n) is 4.11. The van der Waals surface area contributed by atoms with E-state index in [0.29, 0.717) is 24.2 Å². The number of ketones is 1. The smallest absolute Gasteiger partial charge is 0.271 e. The Morgan fingerprint density at radius 3 is 2.62 bits per heavy atom. The van der Waals surface area contributed by atoms with E-state index in [2.05, 4.69) is 4.98 Å². The van der Waals surface area contributed by atoms with E-state index in [1.807, 2.05) is 37.8 Å². The molecular formula is C21H28N2O3. The maximum Gasteiger partial charge on any atom is 0.271 e. The maximum atomic E-state index is 13.5. The molecule has 1 fully saturated rings. The molecule has 2 aromatic heterocycles. The van der Waals surface area contributed by atoms with Gasteiger partial charge in [0.15, 0.2) is 5.78 Å². The number of aromatic nitrogens is 1. The van der Waals surface area contributed by atoms with Crippen LogP contribution in [0.4, 0.5) is 0 Å². The van der Waals surface area contributed by atoms with Crippen molar-refractivity contribution >= 4 is 11.7 Å². The molecule has 5 nitrogen and oxygen atoms in total. The third-order valence-corrected chi connectivity index (χ3v) is 5.31. The number of likely N-dealkylation sites (tertiary alicyclic amines) is 1. The Labute approximate surface area is 154 Å². The minimum atomic E-state index is -0.0483. The van der Waals surface area contributed by atoms with E-state index in [9.17, 15) is 9.59 Å². The van der Waals surface area contributed by atoms with Crippen LogP contribution in [-0.4, -0.2) is 28.1 Å². The zero-order valence-electron chi connectivity index (χ0n) is 16.1. The van der Waals surface area contributed by atoms with E-state index in [-0.39, 0.29) is 17.7 Å². The van der Waals surface area contributed by atoms with Crippen molar-refractivity contribution in [1.29, 1.82) is 0 Å². The van der Waals surface area contributed by atoms with Crippen LogP contribution in [-0.2, 0) is 6.42 Å². The van der Waals surface area contributed by atoms with Crippen molar-refractivity contribution in [1.82, 2.24) is 9.88 Å². The molecule has 1 atom stereocenters. The second-order valence-electron chi connectivity index (χ2n) is 7.20. The summed E-state index contributed by atoms with van der Waals surface area (Å²) in [4.78, 5) is 30.6. The molecule has 0 spiro atoms. The van der Waals surface area contributed by atoms with Crippen molar-refractivity contribution in [2.45, 2.75) is 65.8 Å². The Hall–Kier alpha value is -2.30. The fourth-order valence-corrected chi connectivity index (χ4v) is 4.11. The van der Waals surface area contributed by atoms with Gasteiger partial charge in [-0.25, -0.2) is 0 Å². The lowest BCUT2D eigenvalue weighted by atomic mass is 10.0. The first-order valence-electron chi connectivity index (χ1n) is 9.53. The molecule has 0 saturated carbocycles. The number of hydrogen-bond acceptors (Lipinski definition) is 3. The molecule has 1 aliphatic rings. The van der Waals surface area contributed by atoms with Crippen LogP contribution >= 0.6 is 0 Å². The van der Waals surface area contributed by atoms with Crippen molar-refractivity contribution in [2.24, 2.45) is 0 Å². The minimum absolute atomic E-state index is 0.00345. The number of furan rings is 1. The summed E-state index contributed by atoms with van der Waals surface area (Å²) >= 11 is 0. The number of carbonyl (C=O) groups is 2. The number of H-pyrrole nitrogens is 1. The van der Waals surface area contributed by atoms with Gasteiger partial charge in [-0.1, -0.05) is 19.8 Å². The van der Waals surface area contributed by atoms with Gasteiger partial charge in [0.25, 0.3) is 5.91 Å². The summed E-state index contributed by atoms with van der Waals surface area (Å²) in [6, 6.07) is 3.88. The molecule has 5 heteroatoms. The van der Waals surface area contributed by atoms with Crippen LogP contribution in [0.3, 0.4) is 0 Å². The first kappa shape index (κ1) is 18.5. The summed E-state index contributed by atoms with van der Waals surface area (Å²) in [6.45, 7) is 8.04. The van der Waals surface area contributed by atoms with E-state index >= 15 is 0 Å². The molecule has 1 N–H and O–H groups in total. The van der Waals surface area contributed by atoms with E-state index < -0.39 is 0 Å². The topological polar surface area (TPSA) is 66.3 Å². The van der Waals surface area contributed by atoms with Crippen LogP contribution in [0.5, 0.6) is 0 Å². The SMILES string of the molecule is CCc1c(C(=O)N2CCCCCC2c2ccc(C)o2)[nH]c(C)c1C(C)=O. The summed E-state index contributed by atoms with van der Waals surface area (Å²) in [7, 11) is 0. The largest absolute Gasteiger partial charge is 0.464 e. The number of nitrogens with zero attached hydrogens (tertiary/aromatic N) is 1. The molecule has 26 heavy (non-hydrogen) atoms. The second-order valence-corrected chi connectivity index (χ2v) is 7.20. The van der Waals surface area contributed by atoms with Gasteiger partial charge in [-0.2, -0.15) is 0 Å². The Bertz CT molecular complexity index is 815. The van der Waals surface area contributed by atoms with Gasteiger partial charge >= 0.3 is 0 Å². The molecule has 140 valence electrons. The van der Waals surface area contributed by atoms with E-state index in [0.717, 1.165) is 48.5 Å². The number of nitrogens with one attached hydrogen (secondary N) is 1. The van der Waals surface area contributed by atoms with Crippen LogP contribution < -0.4 is 0 Å². The van der Waals surface area contributed by atoms with Gasteiger partial charge in [0.05, 0.1) is 6.04 Å². The molecular weight excluding hydrogens is 328 g/mol. The average molecular weight is 356 g/mol. The molecule has 1 amide bonds. The van der Waals surface area contributed by atoms with Crippen LogP contribution in [0.15, 0.2) is 16.5 Å². The zero-order chi connectivity index (χ0) is 18.8. The van der Waals surface area contributed by atoms with Crippen molar-refractivity contribution in [3.63, 3.8) is 0 Å². The molecule has 0 aromatic carbocycles. The Kier molecular flexibility index (Phi) is 5.35. The lowest BCUT2D eigenvalue weighted by Crippen LogP contribution is -2.35. The Balaban J connectivity index is 2.01. The standard InChI is InChI=1S/C21H28N2O3/c1-5-16-19(15(4)24)14(3)22-20(16)21(25)23-12-8-6-7-9-17(23)18-11-10-13(2)26-18/h10-11,17,22H,5-9,12H2,1-4H3. The zero-order valence-corrected chi connectivity index (χ0v) is 16.1. The summed E-state index contributed by atoms with van der Waals surface area (Å²) < 4.78 is 5.86. The molecule has 0 bridgehead atoms. The van der Waals surface area contributed by atoms with E-state index in [1.54, 1.807) is 6.92 Å². The van der Waals surface area contributed by atoms with E-state index in [1.165, 1.54) is 0 Å². The third kappa shape index (κ3) is 3.35. The number of Topliss-reactive ketones (excluding diaryl/α,β-unsaturated/α-hetero) is 1. The summed E-state index contributed by atoms with van der Waals surface area (Å²) in [5.74, 6) is 1.69. The number of hydrogen-bond donors (Lipinski definition) is 1. The molecule has 1 aliphatic heterocycles. The first-order valence-corrected chi connectivity index (χ1v) is 9.53. The minimum Gasteiger partial charge on any atom is -0.464 e. The van der Waals surface area contributed by atoms with Crippen molar-refractivity contribution in [2.75, 3.05) is 6.54 Å². The van der Waals surface area contributed by atoms with Gasteiger partial charge in [-0.3, -0.25) is 9.59 Å². The predicted octanol–water partition coefficient (Wildman–Crippen LogP) is 4.75. The quantitative estimate of drug-likeness (QED) is 0.804. The number of carbonyl (C=O) groups excluding carboxylic acids is 2. The van der Waals surface area contributed by atoms with Crippen LogP contribution in [0.25, 0.3) is 0 Å². The lowest BCUT2D eigenvalue weighted by Gasteiger charge is -2.28. The van der Waals surface area contributed by atoms with Gasteiger partial charge in [0.1, 0.15) is 17.2 Å². The van der Waals surface area contributed by atoms with Gasteiger partial charge in [-0.05, 0) is 57.7 Å². The molecule has 3 heterocycles. The van der Waals surface area contributed by atoms with Crippen molar-refractivity contribution in [3.05, 3.63) is 46.2 Å². The normalized spacial score (nSPS) is 18.0. The van der Waals surface area contributed by atoms with Gasteiger partial charge < -0.3 is 14.3 Å². The number of aryl methyl sites for hydroxylation is 2. The summed E-state index contributed by atoms with van der Waals surface area (Å²) in [5.41, 5.74) is 2.83. The summed E-state index contributed by atoms with van der Waals surface area (Å²) in [6.07, 6.45) is 4.74. The fraction of sp³-hybridized carbons (Fsp3) is 0.524. The number of amides is 1. The average Bonchev–Trinajstić information content (AvgIpc) is 3.08. The highest BCUT2D eigenvalue weighted by molar-refractivity contribution is 6.02. The molecule has 1 unspecified atom stereocenters. The lowest BCUT2D eigenvalue weighted by molar-refractivity contribution is 0.0651. The van der Waals surface area contributed by atoms with Crippen LogP contribution in [0.1, 0.15) is 89.2 Å². The first-order chi connectivity index (χ1) is 12.4. The molecule has 3 rings (SSSR count). The monoisotopic (exact) mass is 356 g/mol. The highest BCUT2D eigenvalue weighted by atomic mass is 16.3. The third-order valence-electron chi connectivity index (χ3n) is 5.31. The van der Waals surface area contributed by atoms with Crippen molar-refractivity contribution in [3.8, 4) is 0 Å². The number of aromatic amines is 1. The van der Waals surface area contributed by atoms with Crippen LogP contribution in [0.2, 0.25) is 0 Å². The van der Waals surface area contributed by atoms with Crippen LogP contribution in [0, 0.1) is 13.8 Å². The Morgan fingerprint density at radius 1 is 1.23 bits per heavy atom. The maximum absolute atomic E-state index is 13.5. The van der Waals surface area contributed by atoms with Gasteiger partial charge in [-0.15, -0.1) is 0 Å². The highest BCUT2D eigenvalue weighted by Gasteiger charge is 2.32. The van der Waals surface area contributed by atoms with Crippen molar-refractivity contribution < 1.29 is 14.0 Å². The number of rotatable bonds is 4. The predicted molar refractivity (Wildman–Crippen MR) is 101 cm³/mol. The molecule has 0 radical (unpaired) electrons. The van der Waals surface area contributed by atoms with E-state index in [4.69, 9.17) is 4.42 Å². The second kappa shape index (κ2) is 7.52. The molecule has 2 aromatic rings. The molecule has 1 saturated heterocycles. The van der Waals surface area contributed by atoms with Gasteiger partial charge in [0, 0.05) is 17.8 Å². The molecule has 0 aliphatic carbocycles. The van der Waals surface area contributed by atoms with Gasteiger partial charge in [0.2, 0.25) is 0 Å². The summed E-state index contributed by atoms with van der Waals surface area (Å²) in [5, 5.41) is 0. The Morgan fingerprint density at radius 2 is 2.00 bits per heavy atom.